The average Bonchev–Trinajstić information content (AvgIpc) is 2.20. The molecule has 1 unspecified atom stereocenters. The van der Waals surface area contributed by atoms with Crippen LogP contribution in [-0.2, 0) is 0 Å². The molecule has 0 saturated carbocycles. The first-order valence-corrected chi connectivity index (χ1v) is 5.92. The van der Waals surface area contributed by atoms with Gasteiger partial charge in [-0.3, -0.25) is 0 Å². The highest BCUT2D eigenvalue weighted by Crippen LogP contribution is 2.24. The number of hydrogen-bond acceptors (Lipinski definition) is 3. The van der Waals surface area contributed by atoms with Crippen molar-refractivity contribution < 1.29 is 9.50 Å². The molecule has 0 aromatic heterocycles. The third kappa shape index (κ3) is 3.81. The van der Waals surface area contributed by atoms with Crippen molar-refractivity contribution in [2.75, 3.05) is 12.4 Å². The molecular formula is C11H16FNOS. The summed E-state index contributed by atoms with van der Waals surface area (Å²) in [6, 6.07) is 4.92. The number of thioether (sulfide) groups is 1. The molecule has 0 bridgehead atoms. The minimum Gasteiger partial charge on any atom is -0.396 e. The summed E-state index contributed by atoms with van der Waals surface area (Å²) in [6.07, 6.45) is 0.680. The maximum Gasteiger partial charge on any atom is 0.137 e. The molecule has 1 rings (SSSR count). The van der Waals surface area contributed by atoms with Crippen molar-refractivity contribution in [2.24, 2.45) is 5.73 Å². The summed E-state index contributed by atoms with van der Waals surface area (Å²) in [6.45, 7) is 1.97. The van der Waals surface area contributed by atoms with Crippen LogP contribution in [-0.4, -0.2) is 17.5 Å². The van der Waals surface area contributed by atoms with Gasteiger partial charge < -0.3 is 10.8 Å². The van der Waals surface area contributed by atoms with Crippen molar-refractivity contribution in [1.82, 2.24) is 0 Å². The van der Waals surface area contributed by atoms with Gasteiger partial charge in [0, 0.05) is 23.3 Å². The number of benzene rings is 1. The molecule has 0 saturated heterocycles. The minimum absolute atomic E-state index is 0.143. The maximum atomic E-state index is 13.5. The molecule has 0 heterocycles. The van der Waals surface area contributed by atoms with Gasteiger partial charge in [-0.15, -0.1) is 11.8 Å². The minimum atomic E-state index is -0.229. The fourth-order valence-electron chi connectivity index (χ4n) is 1.16. The molecule has 0 aliphatic rings. The first-order chi connectivity index (χ1) is 7.15. The van der Waals surface area contributed by atoms with Crippen LogP contribution in [0.15, 0.2) is 23.1 Å². The summed E-state index contributed by atoms with van der Waals surface area (Å²) in [7, 11) is 0. The Hall–Kier alpha value is -0.580. The summed E-state index contributed by atoms with van der Waals surface area (Å²) in [4.78, 5) is 0.618. The predicted octanol–water partition coefficient (Wildman–Crippen LogP) is 2.32. The van der Waals surface area contributed by atoms with Gasteiger partial charge in [-0.2, -0.15) is 0 Å². The van der Waals surface area contributed by atoms with Crippen LogP contribution >= 0.6 is 11.8 Å². The quantitative estimate of drug-likeness (QED) is 0.601. The third-order valence-corrected chi connectivity index (χ3v) is 3.18. The van der Waals surface area contributed by atoms with Crippen LogP contribution < -0.4 is 5.73 Å². The van der Waals surface area contributed by atoms with Gasteiger partial charge in [0.15, 0.2) is 0 Å². The van der Waals surface area contributed by atoms with Crippen LogP contribution in [0.4, 0.5) is 4.39 Å². The van der Waals surface area contributed by atoms with E-state index in [2.05, 4.69) is 0 Å². The molecule has 3 N–H and O–H groups in total. The third-order valence-electron chi connectivity index (χ3n) is 2.04. The number of hydrogen-bond donors (Lipinski definition) is 2. The second-order valence-electron chi connectivity index (χ2n) is 3.40. The van der Waals surface area contributed by atoms with Gasteiger partial charge in [0.2, 0.25) is 0 Å². The first-order valence-electron chi connectivity index (χ1n) is 4.94. The molecule has 1 atom stereocenters. The highest BCUT2D eigenvalue weighted by atomic mass is 32.2. The fraction of sp³-hybridized carbons (Fsp3) is 0.455. The molecular weight excluding hydrogens is 213 g/mol. The van der Waals surface area contributed by atoms with Crippen LogP contribution in [0.1, 0.15) is 24.9 Å². The van der Waals surface area contributed by atoms with E-state index in [4.69, 9.17) is 10.8 Å². The topological polar surface area (TPSA) is 46.2 Å². The summed E-state index contributed by atoms with van der Waals surface area (Å²) in [5, 5.41) is 8.61. The molecule has 0 aliphatic heterocycles. The SMILES string of the molecule is CC(N)c1ccc(SCCCO)c(F)c1. The molecule has 0 spiro atoms. The number of aliphatic hydroxyl groups excluding tert-OH is 1. The van der Waals surface area contributed by atoms with E-state index in [1.807, 2.05) is 13.0 Å². The van der Waals surface area contributed by atoms with Gasteiger partial charge >= 0.3 is 0 Å². The van der Waals surface area contributed by atoms with Crippen LogP contribution in [0.2, 0.25) is 0 Å². The number of halogens is 1. The van der Waals surface area contributed by atoms with Crippen LogP contribution in [0.5, 0.6) is 0 Å². The Labute approximate surface area is 93.7 Å². The van der Waals surface area contributed by atoms with Crippen LogP contribution in [0.25, 0.3) is 0 Å². The molecule has 0 radical (unpaired) electrons. The van der Waals surface area contributed by atoms with Crippen LogP contribution in [0.3, 0.4) is 0 Å². The van der Waals surface area contributed by atoms with E-state index < -0.39 is 0 Å². The zero-order valence-electron chi connectivity index (χ0n) is 8.74. The lowest BCUT2D eigenvalue weighted by Gasteiger charge is -2.08. The van der Waals surface area contributed by atoms with Crippen molar-refractivity contribution in [3.8, 4) is 0 Å². The number of rotatable bonds is 5. The molecule has 84 valence electrons. The van der Waals surface area contributed by atoms with Crippen molar-refractivity contribution in [2.45, 2.75) is 24.3 Å². The van der Waals surface area contributed by atoms with Gasteiger partial charge in [0.1, 0.15) is 5.82 Å². The summed E-state index contributed by atoms with van der Waals surface area (Å²) in [5.41, 5.74) is 6.45. The van der Waals surface area contributed by atoms with Gasteiger partial charge in [-0.25, -0.2) is 4.39 Å². The molecule has 15 heavy (non-hydrogen) atoms. The highest BCUT2D eigenvalue weighted by molar-refractivity contribution is 7.99. The van der Waals surface area contributed by atoms with Gasteiger partial charge in [0.25, 0.3) is 0 Å². The van der Waals surface area contributed by atoms with E-state index >= 15 is 0 Å². The second kappa shape index (κ2) is 6.10. The fourth-order valence-corrected chi connectivity index (χ4v) is 2.02. The Bertz CT molecular complexity index is 317. The molecule has 0 aliphatic carbocycles. The molecule has 1 aromatic rings. The Balaban J connectivity index is 2.66. The van der Waals surface area contributed by atoms with E-state index in [1.165, 1.54) is 17.8 Å². The Morgan fingerprint density at radius 3 is 2.80 bits per heavy atom. The standard InChI is InChI=1S/C11H16FNOS/c1-8(13)9-3-4-11(10(12)7-9)15-6-2-5-14/h3-4,7-8,14H,2,5-6,13H2,1H3. The number of aliphatic hydroxyl groups is 1. The van der Waals surface area contributed by atoms with Crippen molar-refractivity contribution in [3.05, 3.63) is 29.6 Å². The Kier molecular flexibility index (Phi) is 5.08. The Morgan fingerprint density at radius 1 is 1.53 bits per heavy atom. The summed E-state index contributed by atoms with van der Waals surface area (Å²) >= 11 is 1.42. The highest BCUT2D eigenvalue weighted by Gasteiger charge is 2.06. The monoisotopic (exact) mass is 229 g/mol. The smallest absolute Gasteiger partial charge is 0.137 e. The lowest BCUT2D eigenvalue weighted by Crippen LogP contribution is -2.05. The lowest BCUT2D eigenvalue weighted by molar-refractivity contribution is 0.296. The van der Waals surface area contributed by atoms with Crippen molar-refractivity contribution in [1.29, 1.82) is 0 Å². The predicted molar refractivity (Wildman–Crippen MR) is 61.4 cm³/mol. The Morgan fingerprint density at radius 2 is 2.27 bits per heavy atom. The molecule has 2 nitrogen and oxygen atoms in total. The number of nitrogens with two attached hydrogens (primary N) is 1. The first kappa shape index (κ1) is 12.5. The van der Waals surface area contributed by atoms with E-state index in [9.17, 15) is 4.39 Å². The maximum absolute atomic E-state index is 13.5. The average molecular weight is 229 g/mol. The molecule has 4 heteroatoms. The van der Waals surface area contributed by atoms with Gasteiger partial charge in [-0.1, -0.05) is 6.07 Å². The van der Waals surface area contributed by atoms with Gasteiger partial charge in [0.05, 0.1) is 0 Å². The molecule has 0 amide bonds. The largest absolute Gasteiger partial charge is 0.396 e. The van der Waals surface area contributed by atoms with E-state index in [-0.39, 0.29) is 18.5 Å². The lowest BCUT2D eigenvalue weighted by atomic mass is 10.1. The van der Waals surface area contributed by atoms with E-state index in [0.717, 1.165) is 11.3 Å². The molecule has 1 aromatic carbocycles. The normalized spacial score (nSPS) is 12.8. The molecule has 0 fully saturated rings. The summed E-state index contributed by atoms with van der Waals surface area (Å²) in [5.74, 6) is 0.498. The van der Waals surface area contributed by atoms with Crippen molar-refractivity contribution in [3.63, 3.8) is 0 Å². The van der Waals surface area contributed by atoms with E-state index in [0.29, 0.717) is 11.3 Å². The second-order valence-corrected chi connectivity index (χ2v) is 4.54. The van der Waals surface area contributed by atoms with Crippen LogP contribution in [0, 0.1) is 5.82 Å². The zero-order chi connectivity index (χ0) is 11.3. The van der Waals surface area contributed by atoms with E-state index in [1.54, 1.807) is 6.07 Å². The summed E-state index contributed by atoms with van der Waals surface area (Å²) < 4.78 is 13.5. The van der Waals surface area contributed by atoms with Gasteiger partial charge in [-0.05, 0) is 31.0 Å². The zero-order valence-corrected chi connectivity index (χ0v) is 9.56. The van der Waals surface area contributed by atoms with Crippen molar-refractivity contribution >= 4 is 11.8 Å².